The lowest BCUT2D eigenvalue weighted by atomic mass is 10.0. The lowest BCUT2D eigenvalue weighted by Crippen LogP contribution is -2.14. The SMILES string of the molecule is CC(C)=CCCC1(C)OC1COCc1ccccc1. The molecular weight excluding hydrogens is 236 g/mol. The highest BCUT2D eigenvalue weighted by atomic mass is 16.6. The summed E-state index contributed by atoms with van der Waals surface area (Å²) in [5.74, 6) is 0. The second-order valence-corrected chi connectivity index (χ2v) is 5.74. The molecule has 19 heavy (non-hydrogen) atoms. The molecule has 1 saturated heterocycles. The third-order valence-corrected chi connectivity index (χ3v) is 3.61. The van der Waals surface area contributed by atoms with Crippen LogP contribution in [0.25, 0.3) is 0 Å². The van der Waals surface area contributed by atoms with E-state index in [1.54, 1.807) is 0 Å². The molecule has 0 N–H and O–H groups in total. The van der Waals surface area contributed by atoms with Crippen LogP contribution in [0.5, 0.6) is 0 Å². The molecule has 2 heteroatoms. The maximum atomic E-state index is 5.77. The van der Waals surface area contributed by atoms with Crippen LogP contribution in [0.15, 0.2) is 42.0 Å². The molecule has 1 aliphatic heterocycles. The van der Waals surface area contributed by atoms with Gasteiger partial charge in [0, 0.05) is 0 Å². The predicted molar refractivity (Wildman–Crippen MR) is 78.0 cm³/mol. The van der Waals surface area contributed by atoms with Gasteiger partial charge in [-0.1, -0.05) is 42.0 Å². The van der Waals surface area contributed by atoms with Gasteiger partial charge >= 0.3 is 0 Å². The van der Waals surface area contributed by atoms with Gasteiger partial charge in [0.25, 0.3) is 0 Å². The van der Waals surface area contributed by atoms with Gasteiger partial charge in [-0.05, 0) is 39.2 Å². The molecular formula is C17H24O2. The first-order valence-corrected chi connectivity index (χ1v) is 7.03. The number of ether oxygens (including phenoxy) is 2. The maximum Gasteiger partial charge on any atom is 0.110 e. The van der Waals surface area contributed by atoms with Crippen molar-refractivity contribution in [1.29, 1.82) is 0 Å². The standard InChI is InChI=1S/C17H24O2/c1-14(2)8-7-11-17(3)16(19-17)13-18-12-15-9-5-4-6-10-15/h4-6,8-10,16H,7,11-13H2,1-3H3. The average molecular weight is 260 g/mol. The van der Waals surface area contributed by atoms with Crippen LogP contribution in [0.2, 0.25) is 0 Å². The van der Waals surface area contributed by atoms with Crippen LogP contribution >= 0.6 is 0 Å². The highest BCUT2D eigenvalue weighted by Gasteiger charge is 2.51. The number of epoxide rings is 1. The Morgan fingerprint density at radius 1 is 1.32 bits per heavy atom. The molecule has 104 valence electrons. The second-order valence-electron chi connectivity index (χ2n) is 5.74. The van der Waals surface area contributed by atoms with Crippen molar-refractivity contribution >= 4 is 0 Å². The Hall–Kier alpha value is -1.12. The highest BCUT2D eigenvalue weighted by Crippen LogP contribution is 2.40. The summed E-state index contributed by atoms with van der Waals surface area (Å²) in [5.41, 5.74) is 2.62. The molecule has 0 aliphatic carbocycles. The summed E-state index contributed by atoms with van der Waals surface area (Å²) in [6, 6.07) is 10.3. The van der Waals surface area contributed by atoms with Crippen LogP contribution in [0.3, 0.4) is 0 Å². The van der Waals surface area contributed by atoms with E-state index in [0.717, 1.165) is 12.8 Å². The van der Waals surface area contributed by atoms with Crippen molar-refractivity contribution in [2.24, 2.45) is 0 Å². The lowest BCUT2D eigenvalue weighted by molar-refractivity contribution is 0.104. The second kappa shape index (κ2) is 6.36. The van der Waals surface area contributed by atoms with Crippen molar-refractivity contribution in [2.75, 3.05) is 6.61 Å². The van der Waals surface area contributed by atoms with Gasteiger partial charge in [-0.2, -0.15) is 0 Å². The Kier molecular flexibility index (Phi) is 4.78. The maximum absolute atomic E-state index is 5.77. The Bertz CT molecular complexity index is 420. The fraction of sp³-hybridized carbons (Fsp3) is 0.529. The lowest BCUT2D eigenvalue weighted by Gasteiger charge is -2.05. The zero-order valence-corrected chi connectivity index (χ0v) is 12.2. The van der Waals surface area contributed by atoms with E-state index in [1.807, 2.05) is 18.2 Å². The van der Waals surface area contributed by atoms with E-state index >= 15 is 0 Å². The third kappa shape index (κ3) is 4.48. The zero-order chi connectivity index (χ0) is 13.7. The number of benzene rings is 1. The quantitative estimate of drug-likeness (QED) is 0.543. The molecule has 2 rings (SSSR count). The molecule has 1 aromatic carbocycles. The van der Waals surface area contributed by atoms with E-state index in [-0.39, 0.29) is 11.7 Å². The molecule has 2 unspecified atom stereocenters. The van der Waals surface area contributed by atoms with Gasteiger partial charge in [0.05, 0.1) is 18.8 Å². The Balaban J connectivity index is 1.65. The van der Waals surface area contributed by atoms with Gasteiger partial charge in [0.15, 0.2) is 0 Å². The normalized spacial score (nSPS) is 25.1. The van der Waals surface area contributed by atoms with Crippen LogP contribution in [0.4, 0.5) is 0 Å². The molecule has 1 aromatic rings. The summed E-state index contributed by atoms with van der Waals surface area (Å²) in [4.78, 5) is 0. The van der Waals surface area contributed by atoms with Crippen molar-refractivity contribution in [3.05, 3.63) is 47.5 Å². The van der Waals surface area contributed by atoms with E-state index in [4.69, 9.17) is 9.47 Å². The van der Waals surface area contributed by atoms with Gasteiger partial charge in [0.2, 0.25) is 0 Å². The van der Waals surface area contributed by atoms with Crippen LogP contribution in [-0.4, -0.2) is 18.3 Å². The van der Waals surface area contributed by atoms with Crippen molar-refractivity contribution in [2.45, 2.75) is 51.9 Å². The molecule has 1 heterocycles. The van der Waals surface area contributed by atoms with Gasteiger partial charge < -0.3 is 9.47 Å². The molecule has 2 atom stereocenters. The van der Waals surface area contributed by atoms with E-state index in [2.05, 4.69) is 39.0 Å². The minimum absolute atomic E-state index is 0.0304. The number of hydrogen-bond acceptors (Lipinski definition) is 2. The summed E-state index contributed by atoms with van der Waals surface area (Å²) < 4.78 is 11.5. The minimum atomic E-state index is 0.0304. The van der Waals surface area contributed by atoms with Gasteiger partial charge in [-0.25, -0.2) is 0 Å². The zero-order valence-electron chi connectivity index (χ0n) is 12.2. The molecule has 0 aromatic heterocycles. The van der Waals surface area contributed by atoms with Crippen LogP contribution < -0.4 is 0 Å². The molecule has 2 nitrogen and oxygen atoms in total. The number of rotatable bonds is 7. The average Bonchev–Trinajstić information content (AvgIpc) is 3.01. The van der Waals surface area contributed by atoms with E-state index in [9.17, 15) is 0 Å². The first-order chi connectivity index (χ1) is 9.10. The Labute approximate surface area is 116 Å². The van der Waals surface area contributed by atoms with E-state index in [1.165, 1.54) is 11.1 Å². The predicted octanol–water partition coefficient (Wildman–Crippen LogP) is 4.11. The van der Waals surface area contributed by atoms with Crippen LogP contribution in [-0.2, 0) is 16.1 Å². The van der Waals surface area contributed by atoms with Gasteiger partial charge in [0.1, 0.15) is 6.10 Å². The fourth-order valence-electron chi connectivity index (χ4n) is 2.23. The van der Waals surface area contributed by atoms with Crippen molar-refractivity contribution < 1.29 is 9.47 Å². The summed E-state index contributed by atoms with van der Waals surface area (Å²) in [6.45, 7) is 7.82. The summed E-state index contributed by atoms with van der Waals surface area (Å²) >= 11 is 0. The van der Waals surface area contributed by atoms with Crippen molar-refractivity contribution in [1.82, 2.24) is 0 Å². The first kappa shape index (κ1) is 14.3. The minimum Gasteiger partial charge on any atom is -0.374 e. The fourth-order valence-corrected chi connectivity index (χ4v) is 2.23. The van der Waals surface area contributed by atoms with Crippen molar-refractivity contribution in [3.63, 3.8) is 0 Å². The topological polar surface area (TPSA) is 21.8 Å². The van der Waals surface area contributed by atoms with Crippen molar-refractivity contribution in [3.8, 4) is 0 Å². The van der Waals surface area contributed by atoms with E-state index in [0.29, 0.717) is 13.2 Å². The van der Waals surface area contributed by atoms with Gasteiger partial charge in [-0.15, -0.1) is 0 Å². The molecule has 0 spiro atoms. The number of hydrogen-bond donors (Lipinski definition) is 0. The van der Waals surface area contributed by atoms with Gasteiger partial charge in [-0.3, -0.25) is 0 Å². The Morgan fingerprint density at radius 2 is 2.05 bits per heavy atom. The smallest absolute Gasteiger partial charge is 0.110 e. The summed E-state index contributed by atoms with van der Waals surface area (Å²) in [5, 5.41) is 0. The first-order valence-electron chi connectivity index (χ1n) is 7.03. The highest BCUT2D eigenvalue weighted by molar-refractivity contribution is 5.13. The summed E-state index contributed by atoms with van der Waals surface area (Å²) in [6.07, 6.45) is 4.71. The largest absolute Gasteiger partial charge is 0.374 e. The monoisotopic (exact) mass is 260 g/mol. The Morgan fingerprint density at radius 3 is 2.74 bits per heavy atom. The third-order valence-electron chi connectivity index (χ3n) is 3.61. The van der Waals surface area contributed by atoms with Crippen LogP contribution in [0.1, 0.15) is 39.2 Å². The van der Waals surface area contributed by atoms with Crippen LogP contribution in [0, 0.1) is 0 Å². The van der Waals surface area contributed by atoms with E-state index < -0.39 is 0 Å². The molecule has 0 bridgehead atoms. The summed E-state index contributed by atoms with van der Waals surface area (Å²) in [7, 11) is 0. The molecule has 1 fully saturated rings. The molecule has 0 amide bonds. The number of allylic oxidation sites excluding steroid dienone is 2. The molecule has 0 saturated carbocycles. The molecule has 0 radical (unpaired) electrons. The molecule has 1 aliphatic rings.